The zero-order valence-electron chi connectivity index (χ0n) is 11.5. The molecule has 3 nitrogen and oxygen atoms in total. The molecule has 0 radical (unpaired) electrons. The van der Waals surface area contributed by atoms with Gasteiger partial charge in [0, 0.05) is 31.2 Å². The van der Waals surface area contributed by atoms with E-state index in [9.17, 15) is 9.50 Å². The number of phenols is 1. The van der Waals surface area contributed by atoms with Crippen LogP contribution in [0.1, 0.15) is 19.4 Å². The Morgan fingerprint density at radius 3 is 2.84 bits per heavy atom. The Morgan fingerprint density at radius 2 is 2.16 bits per heavy atom. The minimum Gasteiger partial charge on any atom is -0.508 e. The Hall–Kier alpha value is -1.13. The van der Waals surface area contributed by atoms with Crippen LogP contribution >= 0.6 is 0 Å². The molecule has 2 unspecified atom stereocenters. The maximum Gasteiger partial charge on any atom is 0.127 e. The van der Waals surface area contributed by atoms with Crippen molar-refractivity contribution in [3.63, 3.8) is 0 Å². The molecule has 1 aromatic carbocycles. The first kappa shape index (κ1) is 12.9. The second kappa shape index (κ2) is 4.46. The van der Waals surface area contributed by atoms with Crippen LogP contribution in [0.3, 0.4) is 0 Å². The number of likely N-dealkylation sites (tertiary alicyclic amines) is 1. The van der Waals surface area contributed by atoms with Crippen molar-refractivity contribution in [3.05, 3.63) is 29.6 Å². The number of rotatable bonds is 2. The summed E-state index contributed by atoms with van der Waals surface area (Å²) in [5, 5.41) is 12.9. The summed E-state index contributed by atoms with van der Waals surface area (Å²) >= 11 is 0. The lowest BCUT2D eigenvalue weighted by molar-refractivity contribution is 0.132. The normalized spacial score (nSPS) is 29.6. The van der Waals surface area contributed by atoms with Crippen molar-refractivity contribution >= 4 is 0 Å². The van der Waals surface area contributed by atoms with Gasteiger partial charge in [0.25, 0.3) is 0 Å². The Labute approximate surface area is 113 Å². The maximum atomic E-state index is 13.3. The van der Waals surface area contributed by atoms with Gasteiger partial charge in [0.05, 0.1) is 0 Å². The molecular weight excluding hydrogens is 243 g/mol. The monoisotopic (exact) mass is 264 g/mol. The topological polar surface area (TPSA) is 35.5 Å². The van der Waals surface area contributed by atoms with Gasteiger partial charge >= 0.3 is 0 Å². The summed E-state index contributed by atoms with van der Waals surface area (Å²) in [7, 11) is 0. The van der Waals surface area contributed by atoms with E-state index in [1.54, 1.807) is 6.07 Å². The largest absolute Gasteiger partial charge is 0.508 e. The first-order valence-corrected chi connectivity index (χ1v) is 6.91. The van der Waals surface area contributed by atoms with E-state index in [1.165, 1.54) is 6.07 Å². The second-order valence-corrected chi connectivity index (χ2v) is 6.38. The van der Waals surface area contributed by atoms with Crippen molar-refractivity contribution in [2.75, 3.05) is 19.6 Å². The van der Waals surface area contributed by atoms with Crippen LogP contribution in [0.5, 0.6) is 5.75 Å². The predicted octanol–water partition coefficient (Wildman–Crippen LogP) is 1.96. The van der Waals surface area contributed by atoms with Crippen LogP contribution in [0.25, 0.3) is 0 Å². The number of hydrogen-bond donors (Lipinski definition) is 2. The fourth-order valence-electron chi connectivity index (χ4n) is 3.72. The number of nitrogens with zero attached hydrogens (tertiary/aromatic N) is 1. The second-order valence-electron chi connectivity index (χ2n) is 6.38. The standard InChI is InChI=1S/C15H21FN2O/c1-15(2)14-7-17-6-11(14)9-18(15)8-10-3-12(16)5-13(19)4-10/h3-5,11,14,17,19H,6-9H2,1-2H3. The molecule has 2 fully saturated rings. The molecule has 0 spiro atoms. The molecule has 2 aliphatic rings. The molecule has 0 amide bonds. The molecule has 0 saturated carbocycles. The van der Waals surface area contributed by atoms with E-state index in [0.717, 1.165) is 31.3 Å². The summed E-state index contributed by atoms with van der Waals surface area (Å²) in [6.07, 6.45) is 0. The average Bonchev–Trinajstić information content (AvgIpc) is 2.82. The number of benzene rings is 1. The van der Waals surface area contributed by atoms with Crippen molar-refractivity contribution in [3.8, 4) is 5.75 Å². The van der Waals surface area contributed by atoms with E-state index >= 15 is 0 Å². The third kappa shape index (κ3) is 2.23. The molecule has 2 aliphatic heterocycles. The molecule has 4 heteroatoms. The Balaban J connectivity index is 1.80. The van der Waals surface area contributed by atoms with Crippen LogP contribution in [0, 0.1) is 17.7 Å². The Bertz CT molecular complexity index is 469. The average molecular weight is 264 g/mol. The molecule has 104 valence electrons. The van der Waals surface area contributed by atoms with Gasteiger partial charge in [-0.1, -0.05) is 0 Å². The van der Waals surface area contributed by atoms with E-state index in [-0.39, 0.29) is 17.1 Å². The Morgan fingerprint density at radius 1 is 1.37 bits per heavy atom. The van der Waals surface area contributed by atoms with Crippen molar-refractivity contribution in [1.29, 1.82) is 0 Å². The summed E-state index contributed by atoms with van der Waals surface area (Å²) < 4.78 is 13.3. The molecule has 2 heterocycles. The quantitative estimate of drug-likeness (QED) is 0.857. The summed E-state index contributed by atoms with van der Waals surface area (Å²) in [5.74, 6) is 0.995. The smallest absolute Gasteiger partial charge is 0.127 e. The van der Waals surface area contributed by atoms with Crippen LogP contribution in [-0.2, 0) is 6.54 Å². The lowest BCUT2D eigenvalue weighted by Crippen LogP contribution is -2.43. The Kier molecular flexibility index (Phi) is 3.02. The van der Waals surface area contributed by atoms with Gasteiger partial charge in [-0.25, -0.2) is 4.39 Å². The van der Waals surface area contributed by atoms with Crippen LogP contribution in [-0.4, -0.2) is 35.2 Å². The zero-order chi connectivity index (χ0) is 13.6. The number of fused-ring (bicyclic) bond motifs is 1. The highest BCUT2D eigenvalue weighted by Crippen LogP contribution is 2.41. The summed E-state index contributed by atoms with van der Waals surface area (Å²) in [5.41, 5.74) is 0.967. The van der Waals surface area contributed by atoms with Gasteiger partial charge in [-0.3, -0.25) is 4.90 Å². The highest BCUT2D eigenvalue weighted by molar-refractivity contribution is 5.28. The van der Waals surface area contributed by atoms with Crippen molar-refractivity contribution in [1.82, 2.24) is 10.2 Å². The number of halogens is 1. The molecule has 2 N–H and O–H groups in total. The van der Waals surface area contributed by atoms with E-state index < -0.39 is 0 Å². The van der Waals surface area contributed by atoms with Crippen LogP contribution in [0.4, 0.5) is 4.39 Å². The van der Waals surface area contributed by atoms with Crippen LogP contribution in [0.15, 0.2) is 18.2 Å². The molecule has 0 bridgehead atoms. The molecule has 0 aliphatic carbocycles. The fraction of sp³-hybridized carbons (Fsp3) is 0.600. The zero-order valence-corrected chi connectivity index (χ0v) is 11.5. The van der Waals surface area contributed by atoms with Crippen molar-refractivity contribution in [2.24, 2.45) is 11.8 Å². The number of phenolic OH excluding ortho intramolecular Hbond substituents is 1. The van der Waals surface area contributed by atoms with Gasteiger partial charge in [0.1, 0.15) is 11.6 Å². The number of aromatic hydroxyl groups is 1. The fourth-order valence-corrected chi connectivity index (χ4v) is 3.72. The number of hydrogen-bond acceptors (Lipinski definition) is 3. The lowest BCUT2D eigenvalue weighted by atomic mass is 9.85. The van der Waals surface area contributed by atoms with Gasteiger partial charge in [-0.2, -0.15) is 0 Å². The SMILES string of the molecule is CC1(C)C2CNCC2CN1Cc1cc(O)cc(F)c1. The third-order valence-electron chi connectivity index (χ3n) is 4.83. The number of nitrogens with one attached hydrogen (secondary N) is 1. The molecule has 19 heavy (non-hydrogen) atoms. The van der Waals surface area contributed by atoms with E-state index in [2.05, 4.69) is 24.1 Å². The predicted molar refractivity (Wildman–Crippen MR) is 72.4 cm³/mol. The van der Waals surface area contributed by atoms with Crippen molar-refractivity contribution in [2.45, 2.75) is 25.9 Å². The highest BCUT2D eigenvalue weighted by Gasteiger charge is 2.49. The van der Waals surface area contributed by atoms with E-state index in [4.69, 9.17) is 0 Å². The first-order valence-electron chi connectivity index (χ1n) is 6.91. The summed E-state index contributed by atoms with van der Waals surface area (Å²) in [4.78, 5) is 2.41. The molecule has 2 atom stereocenters. The lowest BCUT2D eigenvalue weighted by Gasteiger charge is -2.35. The maximum absolute atomic E-state index is 13.3. The molecular formula is C15H21FN2O. The van der Waals surface area contributed by atoms with Crippen LogP contribution < -0.4 is 5.32 Å². The highest BCUT2D eigenvalue weighted by atomic mass is 19.1. The van der Waals surface area contributed by atoms with E-state index in [0.29, 0.717) is 18.4 Å². The van der Waals surface area contributed by atoms with Gasteiger partial charge in [-0.15, -0.1) is 0 Å². The van der Waals surface area contributed by atoms with Gasteiger partial charge in [0.15, 0.2) is 0 Å². The van der Waals surface area contributed by atoms with Crippen LogP contribution in [0.2, 0.25) is 0 Å². The molecule has 0 aromatic heterocycles. The summed E-state index contributed by atoms with van der Waals surface area (Å²) in [6.45, 7) is 8.43. The third-order valence-corrected chi connectivity index (χ3v) is 4.83. The minimum absolute atomic E-state index is 0.00821. The molecule has 2 saturated heterocycles. The van der Waals surface area contributed by atoms with Gasteiger partial charge in [-0.05, 0) is 49.9 Å². The van der Waals surface area contributed by atoms with Crippen molar-refractivity contribution < 1.29 is 9.50 Å². The van der Waals surface area contributed by atoms with Gasteiger partial charge < -0.3 is 10.4 Å². The summed E-state index contributed by atoms with van der Waals surface area (Å²) in [6, 6.07) is 4.32. The minimum atomic E-state index is -0.367. The molecule has 1 aromatic rings. The van der Waals surface area contributed by atoms with Gasteiger partial charge in [0.2, 0.25) is 0 Å². The van der Waals surface area contributed by atoms with E-state index in [1.807, 2.05) is 0 Å². The first-order chi connectivity index (χ1) is 8.96. The molecule has 3 rings (SSSR count).